The molecule has 0 saturated heterocycles. The first kappa shape index (κ1) is 13.2. The van der Waals surface area contributed by atoms with Crippen LogP contribution in [0.1, 0.15) is 5.01 Å². The molecule has 1 aromatic carbocycles. The molecule has 104 valence electrons. The second kappa shape index (κ2) is 5.70. The number of benzene rings is 1. The van der Waals surface area contributed by atoms with Crippen molar-refractivity contribution >= 4 is 22.4 Å². The van der Waals surface area contributed by atoms with Crippen LogP contribution in [0.3, 0.4) is 0 Å². The molecule has 0 spiro atoms. The molecule has 0 atom stereocenters. The highest BCUT2D eigenvalue weighted by atomic mass is 32.1. The fourth-order valence-corrected chi connectivity index (χ4v) is 3.04. The van der Waals surface area contributed by atoms with Crippen LogP contribution in [0, 0.1) is 0 Å². The Bertz CT molecular complexity index is 719. The van der Waals surface area contributed by atoms with Gasteiger partial charge >= 0.3 is 0 Å². The van der Waals surface area contributed by atoms with Crippen LogP contribution in [-0.4, -0.2) is 32.8 Å². The summed E-state index contributed by atoms with van der Waals surface area (Å²) in [5.74, 6) is 0.805. The van der Waals surface area contributed by atoms with Crippen molar-refractivity contribution in [1.82, 2.24) is 14.5 Å². The molecule has 0 radical (unpaired) electrons. The van der Waals surface area contributed by atoms with Gasteiger partial charge in [-0.25, -0.2) is 9.97 Å². The average molecular weight is 288 g/mol. The van der Waals surface area contributed by atoms with Gasteiger partial charge in [-0.2, -0.15) is 0 Å². The van der Waals surface area contributed by atoms with E-state index in [0.29, 0.717) is 13.1 Å². The van der Waals surface area contributed by atoms with Crippen molar-refractivity contribution in [2.75, 3.05) is 13.2 Å². The van der Waals surface area contributed by atoms with E-state index in [1.165, 1.54) is 0 Å². The molecule has 3 aromatic rings. The van der Waals surface area contributed by atoms with Crippen LogP contribution >= 0.6 is 11.3 Å². The van der Waals surface area contributed by atoms with Gasteiger partial charge in [-0.3, -0.25) is 0 Å². The van der Waals surface area contributed by atoms with E-state index in [0.717, 1.165) is 34.0 Å². The minimum Gasteiger partial charge on any atom is -0.395 e. The molecule has 20 heavy (non-hydrogen) atoms. The van der Waals surface area contributed by atoms with Gasteiger partial charge < -0.3 is 15.4 Å². The number of hydrogen-bond acceptors (Lipinski definition) is 5. The summed E-state index contributed by atoms with van der Waals surface area (Å²) in [5.41, 5.74) is 8.35. The van der Waals surface area contributed by atoms with Gasteiger partial charge in [0.15, 0.2) is 5.82 Å². The Hall–Kier alpha value is -1.76. The molecule has 2 heterocycles. The highest BCUT2D eigenvalue weighted by Crippen LogP contribution is 2.26. The quantitative estimate of drug-likeness (QED) is 0.748. The van der Waals surface area contributed by atoms with Gasteiger partial charge in [0, 0.05) is 18.3 Å². The Morgan fingerprint density at radius 2 is 2.10 bits per heavy atom. The number of thiazole rings is 1. The third kappa shape index (κ3) is 2.33. The van der Waals surface area contributed by atoms with Crippen molar-refractivity contribution in [2.24, 2.45) is 5.73 Å². The first-order valence-corrected chi connectivity index (χ1v) is 7.42. The number of nitrogens with zero attached hydrogens (tertiary/aromatic N) is 3. The molecular formula is C14H16N4OS. The standard InChI is InChI=1S/C14H16N4OS/c15-6-5-13-16-11(9-20-13)14-17-10-3-1-2-4-12(10)18(14)7-8-19/h1-4,9,19H,5-8,15H2. The van der Waals surface area contributed by atoms with Crippen molar-refractivity contribution in [1.29, 1.82) is 0 Å². The zero-order chi connectivity index (χ0) is 13.9. The zero-order valence-electron chi connectivity index (χ0n) is 11.0. The van der Waals surface area contributed by atoms with Crippen molar-refractivity contribution < 1.29 is 5.11 Å². The van der Waals surface area contributed by atoms with Crippen molar-refractivity contribution in [2.45, 2.75) is 13.0 Å². The van der Waals surface area contributed by atoms with Gasteiger partial charge in [-0.1, -0.05) is 12.1 Å². The number of para-hydroxylation sites is 2. The van der Waals surface area contributed by atoms with E-state index in [9.17, 15) is 5.11 Å². The maximum Gasteiger partial charge on any atom is 0.160 e. The topological polar surface area (TPSA) is 77.0 Å². The smallest absolute Gasteiger partial charge is 0.160 e. The predicted octanol–water partition coefficient (Wildman–Crippen LogP) is 1.65. The molecule has 5 nitrogen and oxygen atoms in total. The Morgan fingerprint density at radius 1 is 1.25 bits per heavy atom. The summed E-state index contributed by atoms with van der Waals surface area (Å²) in [7, 11) is 0. The van der Waals surface area contributed by atoms with Crippen LogP contribution in [-0.2, 0) is 13.0 Å². The molecule has 0 aliphatic heterocycles. The molecule has 0 aliphatic rings. The first-order chi connectivity index (χ1) is 9.83. The number of fused-ring (bicyclic) bond motifs is 1. The van der Waals surface area contributed by atoms with E-state index in [1.54, 1.807) is 11.3 Å². The molecule has 0 amide bonds. The van der Waals surface area contributed by atoms with Gasteiger partial charge in [0.25, 0.3) is 0 Å². The summed E-state index contributed by atoms with van der Waals surface area (Å²) in [6.45, 7) is 1.19. The van der Waals surface area contributed by atoms with Crippen LogP contribution in [0.5, 0.6) is 0 Å². The largest absolute Gasteiger partial charge is 0.395 e. The third-order valence-electron chi connectivity index (χ3n) is 3.12. The maximum atomic E-state index is 9.28. The molecule has 0 saturated carbocycles. The number of aliphatic hydroxyl groups is 1. The maximum absolute atomic E-state index is 9.28. The summed E-state index contributed by atoms with van der Waals surface area (Å²) in [5, 5.41) is 12.3. The van der Waals surface area contributed by atoms with E-state index in [4.69, 9.17) is 5.73 Å². The van der Waals surface area contributed by atoms with Crippen LogP contribution in [0.25, 0.3) is 22.6 Å². The van der Waals surface area contributed by atoms with E-state index < -0.39 is 0 Å². The summed E-state index contributed by atoms with van der Waals surface area (Å²) in [6.07, 6.45) is 0.783. The monoisotopic (exact) mass is 288 g/mol. The number of aliphatic hydroxyl groups excluding tert-OH is 1. The second-order valence-corrected chi connectivity index (χ2v) is 5.41. The van der Waals surface area contributed by atoms with Gasteiger partial charge in [0.2, 0.25) is 0 Å². The van der Waals surface area contributed by atoms with Crippen LogP contribution in [0.15, 0.2) is 29.6 Å². The lowest BCUT2D eigenvalue weighted by atomic mass is 10.3. The Balaban J connectivity index is 2.11. The predicted molar refractivity (Wildman–Crippen MR) is 80.7 cm³/mol. The molecule has 3 rings (SSSR count). The minimum atomic E-state index is 0.0765. The van der Waals surface area contributed by atoms with Crippen molar-refractivity contribution in [3.05, 3.63) is 34.7 Å². The van der Waals surface area contributed by atoms with E-state index >= 15 is 0 Å². The number of rotatable bonds is 5. The van der Waals surface area contributed by atoms with Gasteiger partial charge in [-0.05, 0) is 18.7 Å². The fourth-order valence-electron chi connectivity index (χ4n) is 2.25. The molecule has 3 N–H and O–H groups in total. The molecule has 0 bridgehead atoms. The van der Waals surface area contributed by atoms with Gasteiger partial charge in [0.1, 0.15) is 5.69 Å². The second-order valence-electron chi connectivity index (χ2n) is 4.46. The minimum absolute atomic E-state index is 0.0765. The molecule has 0 unspecified atom stereocenters. The highest BCUT2D eigenvalue weighted by Gasteiger charge is 2.14. The van der Waals surface area contributed by atoms with Crippen LogP contribution < -0.4 is 5.73 Å². The Morgan fingerprint density at radius 3 is 2.90 bits per heavy atom. The molecule has 2 aromatic heterocycles. The van der Waals surface area contributed by atoms with Crippen LogP contribution in [0.4, 0.5) is 0 Å². The lowest BCUT2D eigenvalue weighted by molar-refractivity contribution is 0.278. The summed E-state index contributed by atoms with van der Waals surface area (Å²) >= 11 is 1.60. The third-order valence-corrected chi connectivity index (χ3v) is 4.03. The molecule has 0 fully saturated rings. The lowest BCUT2D eigenvalue weighted by Gasteiger charge is -2.05. The van der Waals surface area contributed by atoms with Gasteiger partial charge in [-0.15, -0.1) is 11.3 Å². The summed E-state index contributed by atoms with van der Waals surface area (Å²) < 4.78 is 2.01. The van der Waals surface area contributed by atoms with E-state index in [-0.39, 0.29) is 6.61 Å². The summed E-state index contributed by atoms with van der Waals surface area (Å²) in [4.78, 5) is 9.22. The van der Waals surface area contributed by atoms with Crippen molar-refractivity contribution in [3.63, 3.8) is 0 Å². The molecular weight excluding hydrogens is 272 g/mol. The fraction of sp³-hybridized carbons (Fsp3) is 0.286. The van der Waals surface area contributed by atoms with Crippen LogP contribution in [0.2, 0.25) is 0 Å². The average Bonchev–Trinajstić information content (AvgIpc) is 3.05. The summed E-state index contributed by atoms with van der Waals surface area (Å²) in [6, 6.07) is 7.92. The SMILES string of the molecule is NCCc1nc(-c2nc3ccccc3n2CCO)cs1. The normalized spacial score (nSPS) is 11.3. The number of aromatic nitrogens is 3. The van der Waals surface area contributed by atoms with E-state index in [1.807, 2.05) is 34.2 Å². The molecule has 0 aliphatic carbocycles. The Kier molecular flexibility index (Phi) is 3.77. The number of hydrogen-bond donors (Lipinski definition) is 2. The molecule has 6 heteroatoms. The highest BCUT2D eigenvalue weighted by molar-refractivity contribution is 7.09. The Labute approximate surface area is 120 Å². The first-order valence-electron chi connectivity index (χ1n) is 6.54. The lowest BCUT2D eigenvalue weighted by Crippen LogP contribution is -2.05. The van der Waals surface area contributed by atoms with E-state index in [2.05, 4.69) is 9.97 Å². The number of nitrogens with two attached hydrogens (primary N) is 1. The zero-order valence-corrected chi connectivity index (χ0v) is 11.8. The van der Waals surface area contributed by atoms with Crippen molar-refractivity contribution in [3.8, 4) is 11.5 Å². The number of imidazole rings is 1. The van der Waals surface area contributed by atoms with Gasteiger partial charge in [0.05, 0.1) is 22.6 Å².